The summed E-state index contributed by atoms with van der Waals surface area (Å²) < 4.78 is 13.4. The fourth-order valence-electron chi connectivity index (χ4n) is 4.31. The van der Waals surface area contributed by atoms with Crippen LogP contribution in [0.1, 0.15) is 20.3 Å². The van der Waals surface area contributed by atoms with Crippen LogP contribution in [0.4, 0.5) is 15.8 Å². The van der Waals surface area contributed by atoms with E-state index >= 15 is 0 Å². The highest BCUT2D eigenvalue weighted by atomic mass is 32.2. The van der Waals surface area contributed by atoms with E-state index in [0.717, 1.165) is 31.7 Å². The second kappa shape index (κ2) is 10.7. The third-order valence-electron chi connectivity index (χ3n) is 6.33. The van der Waals surface area contributed by atoms with Gasteiger partial charge >= 0.3 is 0 Å². The number of nitrogens with zero attached hydrogens (tertiary/aromatic N) is 3. The number of para-hydroxylation sites is 1. The number of hydrogen-bond acceptors (Lipinski definition) is 5. The molecule has 0 saturated carbocycles. The first-order chi connectivity index (χ1) is 15.9. The summed E-state index contributed by atoms with van der Waals surface area (Å²) in [5.41, 5.74) is 1.47. The Bertz CT molecular complexity index is 996. The number of nitrogens with one attached hydrogen (secondary N) is 1. The third-order valence-corrected chi connectivity index (χ3v) is 7.57. The molecule has 0 radical (unpaired) electrons. The minimum Gasteiger partial charge on any atom is -0.325 e. The summed E-state index contributed by atoms with van der Waals surface area (Å²) in [4.78, 5) is 33.2. The van der Waals surface area contributed by atoms with E-state index in [9.17, 15) is 14.0 Å². The van der Waals surface area contributed by atoms with Gasteiger partial charge in [0.25, 0.3) is 0 Å². The quantitative estimate of drug-likeness (QED) is 0.723. The highest BCUT2D eigenvalue weighted by molar-refractivity contribution is 8.00. The highest BCUT2D eigenvalue weighted by Crippen LogP contribution is 2.37. The van der Waals surface area contributed by atoms with Gasteiger partial charge in [0.05, 0.1) is 18.3 Å². The molecule has 2 aliphatic heterocycles. The fraction of sp³-hybridized carbons (Fsp3) is 0.440. The summed E-state index contributed by atoms with van der Waals surface area (Å²) in [5, 5.41) is 3.27. The van der Waals surface area contributed by atoms with Crippen LogP contribution in [0.15, 0.2) is 53.4 Å². The Morgan fingerprint density at radius 1 is 1.09 bits per heavy atom. The SMILES string of the molecule is CC1CCN(C(=O)CN2CCN(C(C)C(=O)Nc3cccc(F)c3)CC2)c2ccccc2S1. The van der Waals surface area contributed by atoms with Crippen molar-refractivity contribution in [2.75, 3.05) is 49.5 Å². The highest BCUT2D eigenvalue weighted by Gasteiger charge is 2.29. The molecule has 4 rings (SSSR count). The molecule has 2 aliphatic rings. The van der Waals surface area contributed by atoms with Gasteiger partial charge in [-0.25, -0.2) is 4.39 Å². The molecule has 0 aliphatic carbocycles. The molecule has 6 nitrogen and oxygen atoms in total. The van der Waals surface area contributed by atoms with Crippen molar-refractivity contribution >= 4 is 35.0 Å². The molecule has 1 fully saturated rings. The molecule has 1 N–H and O–H groups in total. The van der Waals surface area contributed by atoms with E-state index < -0.39 is 0 Å². The van der Waals surface area contributed by atoms with Crippen LogP contribution in [0.3, 0.4) is 0 Å². The first-order valence-corrected chi connectivity index (χ1v) is 12.4. The van der Waals surface area contributed by atoms with Crippen molar-refractivity contribution in [3.8, 4) is 0 Å². The second-order valence-corrected chi connectivity index (χ2v) is 10.2. The summed E-state index contributed by atoms with van der Waals surface area (Å²) in [6, 6.07) is 13.7. The molecule has 0 bridgehead atoms. The van der Waals surface area contributed by atoms with Crippen molar-refractivity contribution in [1.82, 2.24) is 9.80 Å². The van der Waals surface area contributed by atoms with Crippen molar-refractivity contribution in [3.63, 3.8) is 0 Å². The van der Waals surface area contributed by atoms with Gasteiger partial charge in [0.1, 0.15) is 5.82 Å². The number of benzene rings is 2. The lowest BCUT2D eigenvalue weighted by Crippen LogP contribution is -2.54. The van der Waals surface area contributed by atoms with Gasteiger partial charge in [-0.3, -0.25) is 19.4 Å². The normalized spacial score (nSPS) is 20.6. The van der Waals surface area contributed by atoms with Crippen LogP contribution in [0.5, 0.6) is 0 Å². The van der Waals surface area contributed by atoms with Crippen LogP contribution in [0.25, 0.3) is 0 Å². The number of rotatable bonds is 5. The Balaban J connectivity index is 1.30. The molecular formula is C25H31FN4O2S. The van der Waals surface area contributed by atoms with Gasteiger partial charge in [-0.05, 0) is 43.7 Å². The van der Waals surface area contributed by atoms with Crippen LogP contribution in [0, 0.1) is 5.82 Å². The topological polar surface area (TPSA) is 55.9 Å². The molecule has 8 heteroatoms. The van der Waals surface area contributed by atoms with Crippen LogP contribution in [0.2, 0.25) is 0 Å². The summed E-state index contributed by atoms with van der Waals surface area (Å²) >= 11 is 1.83. The van der Waals surface area contributed by atoms with Crippen molar-refractivity contribution in [2.24, 2.45) is 0 Å². The first-order valence-electron chi connectivity index (χ1n) is 11.5. The van der Waals surface area contributed by atoms with Gasteiger partial charge in [0.2, 0.25) is 11.8 Å². The number of halogens is 1. The number of carbonyl (C=O) groups is 2. The van der Waals surface area contributed by atoms with Crippen LogP contribution < -0.4 is 10.2 Å². The Hall–Kier alpha value is -2.42. The zero-order valence-corrected chi connectivity index (χ0v) is 20.0. The predicted octanol–water partition coefficient (Wildman–Crippen LogP) is 3.69. The largest absolute Gasteiger partial charge is 0.325 e. The molecule has 2 atom stereocenters. The average Bonchev–Trinajstić information content (AvgIpc) is 2.97. The van der Waals surface area contributed by atoms with Gasteiger partial charge in [0.15, 0.2) is 0 Å². The van der Waals surface area contributed by atoms with Crippen LogP contribution in [-0.4, -0.2) is 72.2 Å². The number of thioether (sulfide) groups is 1. The van der Waals surface area contributed by atoms with E-state index in [1.165, 1.54) is 17.0 Å². The molecule has 0 aromatic heterocycles. The minimum absolute atomic E-state index is 0.127. The Labute approximate surface area is 199 Å². The predicted molar refractivity (Wildman–Crippen MR) is 131 cm³/mol. The molecule has 2 heterocycles. The molecule has 2 unspecified atom stereocenters. The number of piperazine rings is 1. The molecule has 176 valence electrons. The van der Waals surface area contributed by atoms with Gasteiger partial charge < -0.3 is 10.2 Å². The standard InChI is InChI=1S/C25H31FN4O2S/c1-18-10-11-30(22-8-3-4-9-23(22)33-18)24(31)17-28-12-14-29(15-13-28)19(2)25(32)27-21-7-5-6-20(26)16-21/h3-9,16,18-19H,10-15,17H2,1-2H3,(H,27,32). The molecule has 2 aromatic carbocycles. The lowest BCUT2D eigenvalue weighted by atomic mass is 10.2. The molecule has 2 amide bonds. The van der Waals surface area contributed by atoms with Gasteiger partial charge in [-0.15, -0.1) is 11.8 Å². The molecule has 2 aromatic rings. The summed E-state index contributed by atoms with van der Waals surface area (Å²) in [7, 11) is 0. The number of hydrogen-bond donors (Lipinski definition) is 1. The molecule has 33 heavy (non-hydrogen) atoms. The number of anilines is 2. The van der Waals surface area contributed by atoms with Crippen molar-refractivity contribution in [2.45, 2.75) is 36.5 Å². The van der Waals surface area contributed by atoms with E-state index in [1.54, 1.807) is 12.1 Å². The lowest BCUT2D eigenvalue weighted by molar-refractivity contribution is -0.123. The lowest BCUT2D eigenvalue weighted by Gasteiger charge is -2.37. The Morgan fingerprint density at radius 3 is 2.61 bits per heavy atom. The first kappa shape index (κ1) is 23.7. The maximum absolute atomic E-state index is 13.4. The van der Waals surface area contributed by atoms with E-state index in [-0.39, 0.29) is 23.7 Å². The van der Waals surface area contributed by atoms with Gasteiger partial charge in [0, 0.05) is 48.6 Å². The fourth-order valence-corrected chi connectivity index (χ4v) is 5.42. The number of carbonyl (C=O) groups excluding carboxylic acids is 2. The molecule has 1 saturated heterocycles. The van der Waals surface area contributed by atoms with E-state index in [1.807, 2.05) is 41.8 Å². The summed E-state index contributed by atoms with van der Waals surface area (Å²) in [6.45, 7) is 8.05. The number of fused-ring (bicyclic) bond motifs is 1. The second-order valence-electron chi connectivity index (χ2n) is 8.72. The minimum atomic E-state index is -0.376. The van der Waals surface area contributed by atoms with E-state index in [0.29, 0.717) is 30.6 Å². The van der Waals surface area contributed by atoms with Gasteiger partial charge in [-0.1, -0.05) is 25.1 Å². The summed E-state index contributed by atoms with van der Waals surface area (Å²) in [6.07, 6.45) is 0.969. The maximum atomic E-state index is 13.4. The third kappa shape index (κ3) is 5.93. The zero-order chi connectivity index (χ0) is 23.4. The Morgan fingerprint density at radius 2 is 1.85 bits per heavy atom. The Kier molecular flexibility index (Phi) is 7.67. The van der Waals surface area contributed by atoms with Crippen molar-refractivity contribution < 1.29 is 14.0 Å². The average molecular weight is 471 g/mol. The summed E-state index contributed by atoms with van der Waals surface area (Å²) in [5.74, 6) is -0.403. The van der Waals surface area contributed by atoms with Crippen molar-refractivity contribution in [1.29, 1.82) is 0 Å². The van der Waals surface area contributed by atoms with Crippen LogP contribution >= 0.6 is 11.8 Å². The van der Waals surface area contributed by atoms with E-state index in [4.69, 9.17) is 0 Å². The maximum Gasteiger partial charge on any atom is 0.241 e. The van der Waals surface area contributed by atoms with Crippen molar-refractivity contribution in [3.05, 3.63) is 54.3 Å². The monoisotopic (exact) mass is 470 g/mol. The van der Waals surface area contributed by atoms with E-state index in [2.05, 4.69) is 28.1 Å². The molecule has 0 spiro atoms. The zero-order valence-electron chi connectivity index (χ0n) is 19.2. The van der Waals surface area contributed by atoms with Gasteiger partial charge in [-0.2, -0.15) is 0 Å². The number of amides is 2. The van der Waals surface area contributed by atoms with Crippen LogP contribution in [-0.2, 0) is 9.59 Å². The molecular weight excluding hydrogens is 439 g/mol. The smallest absolute Gasteiger partial charge is 0.241 e.